The van der Waals surface area contributed by atoms with Gasteiger partial charge in [-0.05, 0) is 61.0 Å². The molecule has 0 saturated heterocycles. The SMILES string of the molecule is COc1ccc(C(=O)NCc2nnc(SCC(=O)Nc3ccccc3)n2-c2cccc(Cl)c2C)cc1. The van der Waals surface area contributed by atoms with Gasteiger partial charge in [0, 0.05) is 16.3 Å². The van der Waals surface area contributed by atoms with E-state index in [4.69, 9.17) is 16.3 Å². The van der Waals surface area contributed by atoms with Gasteiger partial charge < -0.3 is 15.4 Å². The second kappa shape index (κ2) is 11.7. The number of hydrogen-bond donors (Lipinski definition) is 2. The lowest BCUT2D eigenvalue weighted by Gasteiger charge is -2.14. The predicted octanol–water partition coefficient (Wildman–Crippen LogP) is 4.90. The minimum Gasteiger partial charge on any atom is -0.497 e. The number of nitrogens with one attached hydrogen (secondary N) is 2. The Kier molecular flexibility index (Phi) is 8.24. The Labute approximate surface area is 218 Å². The number of nitrogens with zero attached hydrogens (tertiary/aromatic N) is 3. The van der Waals surface area contributed by atoms with Crippen LogP contribution in [0.4, 0.5) is 5.69 Å². The highest BCUT2D eigenvalue weighted by atomic mass is 35.5. The number of ether oxygens (including phenoxy) is 1. The first-order chi connectivity index (χ1) is 17.5. The van der Waals surface area contributed by atoms with Crippen LogP contribution in [0.3, 0.4) is 0 Å². The number of rotatable bonds is 9. The molecule has 0 fully saturated rings. The van der Waals surface area contributed by atoms with E-state index in [0.29, 0.717) is 27.3 Å². The van der Waals surface area contributed by atoms with E-state index in [0.717, 1.165) is 16.9 Å². The molecule has 0 unspecified atom stereocenters. The first-order valence-electron chi connectivity index (χ1n) is 11.1. The third kappa shape index (κ3) is 6.05. The molecule has 2 N–H and O–H groups in total. The second-order valence-electron chi connectivity index (χ2n) is 7.73. The van der Waals surface area contributed by atoms with Crippen LogP contribution < -0.4 is 15.4 Å². The van der Waals surface area contributed by atoms with Crippen LogP contribution >= 0.6 is 23.4 Å². The van der Waals surface area contributed by atoms with Gasteiger partial charge in [-0.3, -0.25) is 14.2 Å². The Morgan fingerprint density at radius 1 is 1.00 bits per heavy atom. The maximum atomic E-state index is 12.7. The number of carbonyl (C=O) groups is 2. The second-order valence-corrected chi connectivity index (χ2v) is 9.08. The number of aromatic nitrogens is 3. The summed E-state index contributed by atoms with van der Waals surface area (Å²) in [7, 11) is 1.57. The highest BCUT2D eigenvalue weighted by Gasteiger charge is 2.19. The van der Waals surface area contributed by atoms with E-state index >= 15 is 0 Å². The Morgan fingerprint density at radius 2 is 1.75 bits per heavy atom. The Hall–Kier alpha value is -3.82. The third-order valence-electron chi connectivity index (χ3n) is 5.33. The van der Waals surface area contributed by atoms with Gasteiger partial charge in [0.2, 0.25) is 5.91 Å². The molecule has 0 bridgehead atoms. The molecular weight excluding hydrogens is 498 g/mol. The Balaban J connectivity index is 1.53. The van der Waals surface area contributed by atoms with Gasteiger partial charge in [-0.15, -0.1) is 10.2 Å². The fourth-order valence-electron chi connectivity index (χ4n) is 3.44. The van der Waals surface area contributed by atoms with E-state index < -0.39 is 0 Å². The summed E-state index contributed by atoms with van der Waals surface area (Å²) in [6.07, 6.45) is 0. The molecular formula is C26H24ClN5O3S. The molecule has 3 aromatic carbocycles. The highest BCUT2D eigenvalue weighted by molar-refractivity contribution is 7.99. The number of halogens is 1. The van der Waals surface area contributed by atoms with Crippen molar-refractivity contribution in [2.75, 3.05) is 18.2 Å². The van der Waals surface area contributed by atoms with Crippen LogP contribution in [-0.2, 0) is 11.3 Å². The van der Waals surface area contributed by atoms with E-state index in [1.54, 1.807) is 37.4 Å². The summed E-state index contributed by atoms with van der Waals surface area (Å²) in [5.41, 5.74) is 2.81. The lowest BCUT2D eigenvalue weighted by molar-refractivity contribution is -0.113. The van der Waals surface area contributed by atoms with Gasteiger partial charge in [0.05, 0.1) is 25.1 Å². The van der Waals surface area contributed by atoms with Crippen molar-refractivity contribution >= 4 is 40.9 Å². The number of carbonyl (C=O) groups excluding carboxylic acids is 2. The van der Waals surface area contributed by atoms with Crippen molar-refractivity contribution in [3.8, 4) is 11.4 Å². The van der Waals surface area contributed by atoms with E-state index in [2.05, 4.69) is 20.8 Å². The molecule has 0 saturated carbocycles. The van der Waals surface area contributed by atoms with Crippen molar-refractivity contribution in [1.29, 1.82) is 0 Å². The van der Waals surface area contributed by atoms with Crippen molar-refractivity contribution in [3.05, 3.63) is 94.8 Å². The summed E-state index contributed by atoms with van der Waals surface area (Å²) in [6, 6.07) is 21.6. The zero-order valence-corrected chi connectivity index (χ0v) is 21.3. The van der Waals surface area contributed by atoms with Gasteiger partial charge in [-0.25, -0.2) is 0 Å². The number of hydrogen-bond acceptors (Lipinski definition) is 6. The average molecular weight is 522 g/mol. The maximum absolute atomic E-state index is 12.7. The molecule has 1 aromatic heterocycles. The first-order valence-corrected chi connectivity index (χ1v) is 12.4. The Morgan fingerprint density at radius 3 is 2.47 bits per heavy atom. The molecule has 0 radical (unpaired) electrons. The summed E-state index contributed by atoms with van der Waals surface area (Å²) < 4.78 is 6.96. The van der Waals surface area contributed by atoms with Crippen LogP contribution in [0.25, 0.3) is 5.69 Å². The van der Waals surface area contributed by atoms with E-state index in [9.17, 15) is 9.59 Å². The van der Waals surface area contributed by atoms with Crippen LogP contribution in [-0.4, -0.2) is 39.4 Å². The van der Waals surface area contributed by atoms with Crippen LogP contribution in [0.5, 0.6) is 5.75 Å². The summed E-state index contributed by atoms with van der Waals surface area (Å²) in [5.74, 6) is 0.878. The zero-order valence-electron chi connectivity index (χ0n) is 19.7. The van der Waals surface area contributed by atoms with Crippen LogP contribution in [0.2, 0.25) is 5.02 Å². The van der Waals surface area contributed by atoms with Crippen molar-refractivity contribution in [2.45, 2.75) is 18.6 Å². The molecule has 0 aliphatic heterocycles. The number of amides is 2. The lowest BCUT2D eigenvalue weighted by atomic mass is 10.2. The number of benzene rings is 3. The number of thioether (sulfide) groups is 1. The molecule has 4 aromatic rings. The first kappa shape index (κ1) is 25.3. The minimum atomic E-state index is -0.258. The molecule has 4 rings (SSSR count). The van der Waals surface area contributed by atoms with Gasteiger partial charge >= 0.3 is 0 Å². The standard InChI is InChI=1S/C26H24ClN5O3S/c1-17-21(27)9-6-10-22(17)32-23(15-28-25(34)18-11-13-20(35-2)14-12-18)30-31-26(32)36-16-24(33)29-19-7-4-3-5-8-19/h3-14H,15-16H2,1-2H3,(H,28,34)(H,29,33). The van der Waals surface area contributed by atoms with E-state index in [1.807, 2.05) is 54.0 Å². The summed E-state index contributed by atoms with van der Waals surface area (Å²) in [5, 5.41) is 15.4. The van der Waals surface area contributed by atoms with Crippen molar-refractivity contribution < 1.29 is 14.3 Å². The van der Waals surface area contributed by atoms with Crippen molar-refractivity contribution in [1.82, 2.24) is 20.1 Å². The molecule has 2 amide bonds. The molecule has 8 nitrogen and oxygen atoms in total. The maximum Gasteiger partial charge on any atom is 0.251 e. The number of methoxy groups -OCH3 is 1. The summed E-state index contributed by atoms with van der Waals surface area (Å²) in [6.45, 7) is 2.02. The van der Waals surface area contributed by atoms with Crippen molar-refractivity contribution in [2.24, 2.45) is 0 Å². The van der Waals surface area contributed by atoms with E-state index in [1.165, 1.54) is 11.8 Å². The largest absolute Gasteiger partial charge is 0.497 e. The molecule has 0 aliphatic rings. The molecule has 184 valence electrons. The fraction of sp³-hybridized carbons (Fsp3) is 0.154. The zero-order chi connectivity index (χ0) is 25.5. The topological polar surface area (TPSA) is 98.1 Å². The monoisotopic (exact) mass is 521 g/mol. The Bertz CT molecular complexity index is 1360. The molecule has 0 aliphatic carbocycles. The molecule has 1 heterocycles. The highest BCUT2D eigenvalue weighted by Crippen LogP contribution is 2.28. The molecule has 36 heavy (non-hydrogen) atoms. The molecule has 0 atom stereocenters. The predicted molar refractivity (Wildman–Crippen MR) is 141 cm³/mol. The summed E-state index contributed by atoms with van der Waals surface area (Å²) >= 11 is 7.63. The van der Waals surface area contributed by atoms with Gasteiger partial charge in [0.25, 0.3) is 5.91 Å². The summed E-state index contributed by atoms with van der Waals surface area (Å²) in [4.78, 5) is 25.2. The average Bonchev–Trinajstić information content (AvgIpc) is 3.30. The van der Waals surface area contributed by atoms with Gasteiger partial charge in [-0.1, -0.05) is 47.6 Å². The van der Waals surface area contributed by atoms with Gasteiger partial charge in [0.1, 0.15) is 5.75 Å². The van der Waals surface area contributed by atoms with Gasteiger partial charge in [-0.2, -0.15) is 0 Å². The normalized spacial score (nSPS) is 10.6. The van der Waals surface area contributed by atoms with Crippen LogP contribution in [0.15, 0.2) is 78.0 Å². The molecule has 0 spiro atoms. The van der Waals surface area contributed by atoms with Crippen LogP contribution in [0.1, 0.15) is 21.7 Å². The molecule has 10 heteroatoms. The van der Waals surface area contributed by atoms with E-state index in [-0.39, 0.29) is 24.1 Å². The van der Waals surface area contributed by atoms with Gasteiger partial charge in [0.15, 0.2) is 11.0 Å². The van der Waals surface area contributed by atoms with Crippen LogP contribution in [0, 0.1) is 6.92 Å². The third-order valence-corrected chi connectivity index (χ3v) is 6.67. The number of para-hydroxylation sites is 1. The lowest BCUT2D eigenvalue weighted by Crippen LogP contribution is -2.24. The van der Waals surface area contributed by atoms with Crippen molar-refractivity contribution in [3.63, 3.8) is 0 Å². The minimum absolute atomic E-state index is 0.126. The quantitative estimate of drug-likeness (QED) is 0.304. The smallest absolute Gasteiger partial charge is 0.251 e. The number of anilines is 1. The fourth-order valence-corrected chi connectivity index (χ4v) is 4.37.